The molecule has 6 nitrogen and oxygen atoms in total. The first kappa shape index (κ1) is 11.5. The highest BCUT2D eigenvalue weighted by Gasteiger charge is 2.22. The molecule has 1 aliphatic carbocycles. The van der Waals surface area contributed by atoms with Gasteiger partial charge in [0.2, 0.25) is 5.91 Å². The predicted molar refractivity (Wildman–Crippen MR) is 63.3 cm³/mol. The van der Waals surface area contributed by atoms with Crippen LogP contribution in [0.25, 0.3) is 0 Å². The van der Waals surface area contributed by atoms with Crippen molar-refractivity contribution < 1.29 is 9.59 Å². The van der Waals surface area contributed by atoms with Gasteiger partial charge in [0.15, 0.2) is 0 Å². The molecule has 0 atom stereocenters. The summed E-state index contributed by atoms with van der Waals surface area (Å²) in [6, 6.07) is 1.92. The Morgan fingerprint density at radius 3 is 2.82 bits per heavy atom. The van der Waals surface area contributed by atoms with Crippen LogP contribution in [-0.4, -0.2) is 29.4 Å². The van der Waals surface area contributed by atoms with Crippen LogP contribution in [-0.2, 0) is 4.79 Å². The second kappa shape index (κ2) is 4.90. The van der Waals surface area contributed by atoms with E-state index in [-0.39, 0.29) is 11.8 Å². The van der Waals surface area contributed by atoms with Gasteiger partial charge in [0, 0.05) is 30.9 Å². The highest BCUT2D eigenvalue weighted by atomic mass is 16.2. The number of anilines is 1. The first-order chi connectivity index (χ1) is 8.15. The van der Waals surface area contributed by atoms with Gasteiger partial charge in [0.1, 0.15) is 5.69 Å². The quantitative estimate of drug-likeness (QED) is 0.578. The fourth-order valence-corrected chi connectivity index (χ4v) is 1.45. The minimum Gasteiger partial charge on any atom is -0.397 e. The van der Waals surface area contributed by atoms with Crippen LogP contribution in [0, 0.1) is 0 Å². The minimum atomic E-state index is -0.249. The van der Waals surface area contributed by atoms with Crippen molar-refractivity contribution in [3.63, 3.8) is 0 Å². The number of hydrogen-bond acceptors (Lipinski definition) is 3. The molecular weight excluding hydrogens is 220 g/mol. The predicted octanol–water partition coefficient (Wildman–Crippen LogP) is -0.00460. The molecule has 1 saturated carbocycles. The minimum absolute atomic E-state index is 0.0150. The molecule has 0 spiro atoms. The maximum atomic E-state index is 11.5. The van der Waals surface area contributed by atoms with E-state index in [9.17, 15) is 9.59 Å². The van der Waals surface area contributed by atoms with Crippen LogP contribution in [0.2, 0.25) is 0 Å². The molecular formula is C11H16N4O2. The van der Waals surface area contributed by atoms with Crippen molar-refractivity contribution in [3.8, 4) is 0 Å². The number of nitrogen functional groups attached to an aromatic ring is 1. The molecule has 1 aromatic rings. The van der Waals surface area contributed by atoms with Gasteiger partial charge in [-0.2, -0.15) is 0 Å². The normalized spacial score (nSPS) is 14.4. The number of carbonyl (C=O) groups is 2. The van der Waals surface area contributed by atoms with Crippen LogP contribution in [0.3, 0.4) is 0 Å². The van der Waals surface area contributed by atoms with Gasteiger partial charge in [-0.15, -0.1) is 0 Å². The average molecular weight is 236 g/mol. The lowest BCUT2D eigenvalue weighted by Gasteiger charge is -2.04. The Hall–Kier alpha value is -1.98. The molecule has 0 aliphatic heterocycles. The topological polar surface area (TPSA) is 100 Å². The second-order valence-electron chi connectivity index (χ2n) is 4.19. The average Bonchev–Trinajstić information content (AvgIpc) is 2.97. The maximum Gasteiger partial charge on any atom is 0.267 e. The summed E-state index contributed by atoms with van der Waals surface area (Å²) in [6.07, 6.45) is 3.99. The summed E-state index contributed by atoms with van der Waals surface area (Å²) in [7, 11) is 0. The smallest absolute Gasteiger partial charge is 0.267 e. The summed E-state index contributed by atoms with van der Waals surface area (Å²) >= 11 is 0. The van der Waals surface area contributed by atoms with E-state index >= 15 is 0 Å². The van der Waals surface area contributed by atoms with E-state index in [2.05, 4.69) is 15.6 Å². The third-order valence-electron chi connectivity index (χ3n) is 2.53. The zero-order valence-electron chi connectivity index (χ0n) is 9.45. The standard InChI is InChI=1S/C11H16N4O2/c12-7-5-9(14-6-7)11(17)13-4-3-10(16)15-8-1-2-8/h5-6,8,14H,1-4,12H2,(H,13,17)(H,15,16). The molecule has 5 N–H and O–H groups in total. The van der Waals surface area contributed by atoms with Crippen molar-refractivity contribution in [1.29, 1.82) is 0 Å². The number of aromatic amines is 1. The van der Waals surface area contributed by atoms with Gasteiger partial charge >= 0.3 is 0 Å². The lowest BCUT2D eigenvalue weighted by molar-refractivity contribution is -0.121. The fraction of sp³-hybridized carbons (Fsp3) is 0.455. The van der Waals surface area contributed by atoms with Crippen molar-refractivity contribution in [1.82, 2.24) is 15.6 Å². The Morgan fingerprint density at radius 1 is 1.47 bits per heavy atom. The number of rotatable bonds is 5. The number of nitrogens with two attached hydrogens (primary N) is 1. The second-order valence-corrected chi connectivity index (χ2v) is 4.19. The van der Waals surface area contributed by atoms with Gasteiger partial charge in [-0.05, 0) is 18.9 Å². The van der Waals surface area contributed by atoms with Gasteiger partial charge in [-0.25, -0.2) is 0 Å². The van der Waals surface area contributed by atoms with Gasteiger partial charge in [0.25, 0.3) is 5.91 Å². The monoisotopic (exact) mass is 236 g/mol. The van der Waals surface area contributed by atoms with Crippen LogP contribution in [0.5, 0.6) is 0 Å². The Kier molecular flexibility index (Phi) is 3.32. The molecule has 0 bridgehead atoms. The highest BCUT2D eigenvalue weighted by Crippen LogP contribution is 2.18. The molecule has 0 aromatic carbocycles. The summed E-state index contributed by atoms with van der Waals surface area (Å²) in [5, 5.41) is 5.50. The number of aromatic nitrogens is 1. The third-order valence-corrected chi connectivity index (χ3v) is 2.53. The largest absolute Gasteiger partial charge is 0.397 e. The van der Waals surface area contributed by atoms with Crippen LogP contribution < -0.4 is 16.4 Å². The SMILES string of the molecule is Nc1c[nH]c(C(=O)NCCC(=O)NC2CC2)c1. The van der Waals surface area contributed by atoms with Crippen molar-refractivity contribution in [2.45, 2.75) is 25.3 Å². The Morgan fingerprint density at radius 2 is 2.24 bits per heavy atom. The fourth-order valence-electron chi connectivity index (χ4n) is 1.45. The van der Waals surface area contributed by atoms with Gasteiger partial charge in [0.05, 0.1) is 0 Å². The number of hydrogen-bond donors (Lipinski definition) is 4. The molecule has 0 unspecified atom stereocenters. The summed E-state index contributed by atoms with van der Waals surface area (Å²) in [5.41, 5.74) is 6.40. The van der Waals surface area contributed by atoms with E-state index in [1.54, 1.807) is 12.3 Å². The highest BCUT2D eigenvalue weighted by molar-refractivity contribution is 5.93. The van der Waals surface area contributed by atoms with Crippen LogP contribution in [0.4, 0.5) is 5.69 Å². The zero-order valence-corrected chi connectivity index (χ0v) is 9.45. The van der Waals surface area contributed by atoms with Gasteiger partial charge in [-0.3, -0.25) is 9.59 Å². The number of H-pyrrole nitrogens is 1. The van der Waals surface area contributed by atoms with E-state index in [1.807, 2.05) is 0 Å². The number of carbonyl (C=O) groups excluding carboxylic acids is 2. The Balaban J connectivity index is 1.67. The molecule has 0 radical (unpaired) electrons. The van der Waals surface area contributed by atoms with Crippen molar-refractivity contribution in [2.24, 2.45) is 0 Å². The summed E-state index contributed by atoms with van der Waals surface area (Å²) in [6.45, 7) is 0.330. The molecule has 92 valence electrons. The van der Waals surface area contributed by atoms with Crippen molar-refractivity contribution >= 4 is 17.5 Å². The molecule has 17 heavy (non-hydrogen) atoms. The van der Waals surface area contributed by atoms with E-state index in [4.69, 9.17) is 5.73 Å². The Labute approximate surface area is 99.0 Å². The van der Waals surface area contributed by atoms with E-state index in [1.165, 1.54) is 0 Å². The Bertz CT molecular complexity index is 423. The van der Waals surface area contributed by atoms with Crippen molar-refractivity contribution in [2.75, 3.05) is 12.3 Å². The number of amides is 2. The van der Waals surface area contributed by atoms with Gasteiger partial charge in [-0.1, -0.05) is 0 Å². The van der Waals surface area contributed by atoms with Gasteiger partial charge < -0.3 is 21.4 Å². The molecule has 0 saturated heterocycles. The van der Waals surface area contributed by atoms with Crippen LogP contribution in [0.1, 0.15) is 29.8 Å². The van der Waals surface area contributed by atoms with Crippen LogP contribution >= 0.6 is 0 Å². The molecule has 1 aliphatic rings. The van der Waals surface area contributed by atoms with E-state index < -0.39 is 0 Å². The first-order valence-electron chi connectivity index (χ1n) is 5.66. The lowest BCUT2D eigenvalue weighted by Crippen LogP contribution is -2.31. The summed E-state index contributed by atoms with van der Waals surface area (Å²) < 4.78 is 0. The van der Waals surface area contributed by atoms with Crippen molar-refractivity contribution in [3.05, 3.63) is 18.0 Å². The molecule has 1 fully saturated rings. The van der Waals surface area contributed by atoms with Crippen LogP contribution in [0.15, 0.2) is 12.3 Å². The third kappa shape index (κ3) is 3.51. The zero-order chi connectivity index (χ0) is 12.3. The lowest BCUT2D eigenvalue weighted by atomic mass is 10.3. The molecule has 2 rings (SSSR count). The van der Waals surface area contributed by atoms with E-state index in [0.717, 1.165) is 12.8 Å². The molecule has 2 amide bonds. The summed E-state index contributed by atoms with van der Waals surface area (Å²) in [4.78, 5) is 25.6. The first-order valence-corrected chi connectivity index (χ1v) is 5.66. The summed E-state index contributed by atoms with van der Waals surface area (Å²) in [5.74, 6) is -0.264. The van der Waals surface area contributed by atoms with E-state index in [0.29, 0.717) is 30.4 Å². The maximum absolute atomic E-state index is 11.5. The molecule has 6 heteroatoms. The molecule has 1 aromatic heterocycles. The number of nitrogens with one attached hydrogen (secondary N) is 3. The molecule has 1 heterocycles.